The van der Waals surface area contributed by atoms with E-state index in [1.807, 2.05) is 0 Å². The average molecular weight is 309 g/mol. The molecule has 1 unspecified atom stereocenters. The molecule has 1 fully saturated rings. The molecule has 0 aromatic heterocycles. The first-order valence-corrected chi connectivity index (χ1v) is 7.13. The number of hydrogen-bond donors (Lipinski definition) is 1. The van der Waals surface area contributed by atoms with Crippen molar-refractivity contribution in [3.8, 4) is 0 Å². The van der Waals surface area contributed by atoms with Crippen molar-refractivity contribution in [3.05, 3.63) is 33.8 Å². The van der Waals surface area contributed by atoms with E-state index >= 15 is 0 Å². The smallest absolute Gasteiger partial charge is 0.248 e. The minimum Gasteiger partial charge on any atom is -0.392 e. The lowest BCUT2D eigenvalue weighted by Gasteiger charge is -2.31. The molecular weight excluding hydrogens is 293 g/mol. The fourth-order valence-corrected chi connectivity index (χ4v) is 3.01. The fourth-order valence-electron chi connectivity index (χ4n) is 2.53. The molecule has 1 N–H and O–H groups in total. The summed E-state index contributed by atoms with van der Waals surface area (Å²) in [5.41, 5.74) is 0.802. The molecule has 0 aliphatic heterocycles. The van der Waals surface area contributed by atoms with Crippen LogP contribution in [0, 0.1) is 5.92 Å². The zero-order valence-electron chi connectivity index (χ0n) is 10.4. The summed E-state index contributed by atoms with van der Waals surface area (Å²) in [6.45, 7) is 0. The van der Waals surface area contributed by atoms with Gasteiger partial charge in [-0.1, -0.05) is 29.3 Å². The first-order valence-electron chi connectivity index (χ1n) is 6.37. The summed E-state index contributed by atoms with van der Waals surface area (Å²) in [6, 6.07) is 5.11. The van der Waals surface area contributed by atoms with E-state index in [4.69, 9.17) is 23.2 Å². The van der Waals surface area contributed by atoms with Gasteiger partial charge in [0.1, 0.15) is 0 Å². The van der Waals surface area contributed by atoms with Crippen molar-refractivity contribution >= 4 is 23.2 Å². The van der Waals surface area contributed by atoms with Gasteiger partial charge in [-0.15, -0.1) is 0 Å². The molecular formula is C14H16Cl2F2O. The Kier molecular flexibility index (Phi) is 4.70. The zero-order valence-corrected chi connectivity index (χ0v) is 11.9. The summed E-state index contributed by atoms with van der Waals surface area (Å²) < 4.78 is 26.1. The molecule has 106 valence electrons. The number of hydrogen-bond acceptors (Lipinski definition) is 1. The maximum Gasteiger partial charge on any atom is 0.248 e. The van der Waals surface area contributed by atoms with Crippen molar-refractivity contribution in [1.29, 1.82) is 0 Å². The van der Waals surface area contributed by atoms with Crippen LogP contribution >= 0.6 is 23.2 Å². The van der Waals surface area contributed by atoms with Gasteiger partial charge in [0.2, 0.25) is 5.92 Å². The van der Waals surface area contributed by atoms with Crippen LogP contribution in [0.4, 0.5) is 8.78 Å². The SMILES string of the molecule is OC(Cc1ccc(Cl)cc1Cl)C1CCC(F)(F)CC1. The average Bonchev–Trinajstić information content (AvgIpc) is 2.32. The minimum absolute atomic E-state index is 0.0774. The van der Waals surface area contributed by atoms with Crippen LogP contribution in [0.25, 0.3) is 0 Å². The van der Waals surface area contributed by atoms with Crippen LogP contribution in [0.3, 0.4) is 0 Å². The Morgan fingerprint density at radius 2 is 1.89 bits per heavy atom. The fraction of sp³-hybridized carbons (Fsp3) is 0.571. The van der Waals surface area contributed by atoms with Crippen molar-refractivity contribution in [2.45, 2.75) is 44.1 Å². The largest absolute Gasteiger partial charge is 0.392 e. The zero-order chi connectivity index (χ0) is 14.0. The van der Waals surface area contributed by atoms with Crippen LogP contribution < -0.4 is 0 Å². The van der Waals surface area contributed by atoms with Crippen LogP contribution in [-0.2, 0) is 6.42 Å². The van der Waals surface area contributed by atoms with Gasteiger partial charge < -0.3 is 5.11 Å². The Hall–Kier alpha value is -0.380. The lowest BCUT2D eigenvalue weighted by molar-refractivity contribution is -0.0619. The second kappa shape index (κ2) is 5.94. The Labute approximate surface area is 121 Å². The minimum atomic E-state index is -2.56. The van der Waals surface area contributed by atoms with Gasteiger partial charge in [-0.3, -0.25) is 0 Å². The van der Waals surface area contributed by atoms with Crippen molar-refractivity contribution in [2.75, 3.05) is 0 Å². The number of aliphatic hydroxyl groups excluding tert-OH is 1. The first kappa shape index (κ1) is 15.0. The molecule has 1 aliphatic carbocycles. The number of aliphatic hydroxyl groups is 1. The predicted molar refractivity (Wildman–Crippen MR) is 73.1 cm³/mol. The molecule has 0 spiro atoms. The van der Waals surface area contributed by atoms with Gasteiger partial charge in [0.25, 0.3) is 0 Å². The summed E-state index contributed by atoms with van der Waals surface area (Å²) in [6.07, 6.45) is 0.201. The summed E-state index contributed by atoms with van der Waals surface area (Å²) >= 11 is 11.8. The highest BCUT2D eigenvalue weighted by Gasteiger charge is 2.37. The maximum absolute atomic E-state index is 13.1. The van der Waals surface area contributed by atoms with E-state index in [9.17, 15) is 13.9 Å². The molecule has 1 aromatic carbocycles. The van der Waals surface area contributed by atoms with Crippen LogP contribution in [0.2, 0.25) is 10.0 Å². The topological polar surface area (TPSA) is 20.2 Å². The Bertz CT molecular complexity index is 441. The third-order valence-corrected chi connectivity index (χ3v) is 4.34. The van der Waals surface area contributed by atoms with Crippen molar-refractivity contribution < 1.29 is 13.9 Å². The van der Waals surface area contributed by atoms with Gasteiger partial charge in [0, 0.05) is 29.3 Å². The Balaban J connectivity index is 1.96. The highest BCUT2D eigenvalue weighted by molar-refractivity contribution is 6.35. The van der Waals surface area contributed by atoms with Crippen LogP contribution in [-0.4, -0.2) is 17.1 Å². The molecule has 0 amide bonds. The summed E-state index contributed by atoms with van der Waals surface area (Å²) in [5, 5.41) is 11.2. The summed E-state index contributed by atoms with van der Waals surface area (Å²) in [7, 11) is 0. The molecule has 1 aliphatic rings. The molecule has 0 bridgehead atoms. The third-order valence-electron chi connectivity index (χ3n) is 3.75. The Morgan fingerprint density at radius 3 is 2.47 bits per heavy atom. The normalized spacial score (nSPS) is 21.3. The molecule has 1 saturated carbocycles. The molecule has 2 rings (SSSR count). The maximum atomic E-state index is 13.1. The molecule has 0 radical (unpaired) electrons. The number of alkyl halides is 2. The van der Waals surface area contributed by atoms with Gasteiger partial charge in [-0.2, -0.15) is 0 Å². The van der Waals surface area contributed by atoms with Crippen molar-refractivity contribution in [2.24, 2.45) is 5.92 Å². The van der Waals surface area contributed by atoms with Crippen LogP contribution in [0.5, 0.6) is 0 Å². The van der Waals surface area contributed by atoms with Crippen molar-refractivity contribution in [3.63, 3.8) is 0 Å². The van der Waals surface area contributed by atoms with Gasteiger partial charge in [0.05, 0.1) is 6.10 Å². The molecule has 5 heteroatoms. The third kappa shape index (κ3) is 4.04. The highest BCUT2D eigenvalue weighted by Crippen LogP contribution is 2.38. The second-order valence-corrected chi connectivity index (χ2v) is 6.04. The molecule has 0 saturated heterocycles. The lowest BCUT2D eigenvalue weighted by Crippen LogP contribution is -2.32. The van der Waals surface area contributed by atoms with Crippen LogP contribution in [0.1, 0.15) is 31.2 Å². The van der Waals surface area contributed by atoms with E-state index in [2.05, 4.69) is 0 Å². The highest BCUT2D eigenvalue weighted by atomic mass is 35.5. The van der Waals surface area contributed by atoms with Gasteiger partial charge in [0.15, 0.2) is 0 Å². The number of rotatable bonds is 3. The second-order valence-electron chi connectivity index (χ2n) is 5.20. The number of halogens is 4. The summed E-state index contributed by atoms with van der Waals surface area (Å²) in [4.78, 5) is 0. The quantitative estimate of drug-likeness (QED) is 0.856. The van der Waals surface area contributed by atoms with Gasteiger partial charge in [-0.05, 0) is 36.5 Å². The Morgan fingerprint density at radius 1 is 1.26 bits per heavy atom. The van der Waals surface area contributed by atoms with E-state index in [0.717, 1.165) is 5.56 Å². The van der Waals surface area contributed by atoms with E-state index < -0.39 is 12.0 Å². The van der Waals surface area contributed by atoms with Gasteiger partial charge in [-0.25, -0.2) is 8.78 Å². The first-order chi connectivity index (χ1) is 8.87. The van der Waals surface area contributed by atoms with E-state index in [1.54, 1.807) is 18.2 Å². The summed E-state index contributed by atoms with van der Waals surface area (Å²) in [5.74, 6) is -2.64. The lowest BCUT2D eigenvalue weighted by atomic mass is 9.81. The monoisotopic (exact) mass is 308 g/mol. The van der Waals surface area contributed by atoms with Gasteiger partial charge >= 0.3 is 0 Å². The van der Waals surface area contributed by atoms with Crippen LogP contribution in [0.15, 0.2) is 18.2 Å². The molecule has 19 heavy (non-hydrogen) atoms. The van der Waals surface area contributed by atoms with Crippen molar-refractivity contribution in [1.82, 2.24) is 0 Å². The standard InChI is InChI=1S/C14H16Cl2F2O/c15-11-2-1-10(12(16)8-11)7-13(19)9-3-5-14(17,18)6-4-9/h1-2,8-9,13,19H,3-7H2. The van der Waals surface area contributed by atoms with E-state index in [-0.39, 0.29) is 18.8 Å². The van der Waals surface area contributed by atoms with E-state index in [1.165, 1.54) is 0 Å². The molecule has 1 nitrogen and oxygen atoms in total. The molecule has 1 aromatic rings. The van der Waals surface area contributed by atoms with E-state index in [0.29, 0.717) is 29.3 Å². The predicted octanol–water partition coefficient (Wildman–Crippen LogP) is 4.72. The molecule has 1 atom stereocenters. The number of benzene rings is 1. The molecule has 0 heterocycles.